The number of benzene rings is 2. The first-order valence-corrected chi connectivity index (χ1v) is 7.84. The van der Waals surface area contributed by atoms with Gasteiger partial charge in [0.2, 0.25) is 0 Å². The molecular formula is C18H18ClNO4. The molecule has 0 spiro atoms. The second-order valence-corrected chi connectivity index (χ2v) is 5.37. The van der Waals surface area contributed by atoms with Crippen LogP contribution in [0.4, 0.5) is 5.69 Å². The average molecular weight is 348 g/mol. The number of halogens is 1. The van der Waals surface area contributed by atoms with Gasteiger partial charge in [0.15, 0.2) is 6.61 Å². The second-order valence-electron chi connectivity index (χ2n) is 4.97. The van der Waals surface area contributed by atoms with Crippen molar-refractivity contribution < 1.29 is 19.1 Å². The molecule has 0 aliphatic rings. The molecule has 5 nitrogen and oxygen atoms in total. The molecule has 0 unspecified atom stereocenters. The van der Waals surface area contributed by atoms with E-state index < -0.39 is 18.5 Å². The Balaban J connectivity index is 1.97. The van der Waals surface area contributed by atoms with Gasteiger partial charge in [0.1, 0.15) is 11.3 Å². The van der Waals surface area contributed by atoms with Crippen molar-refractivity contribution in [3.05, 3.63) is 58.6 Å². The monoisotopic (exact) mass is 347 g/mol. The van der Waals surface area contributed by atoms with Crippen molar-refractivity contribution in [3.8, 4) is 5.75 Å². The van der Waals surface area contributed by atoms with Crippen molar-refractivity contribution in [3.63, 3.8) is 0 Å². The van der Waals surface area contributed by atoms with Gasteiger partial charge in [-0.2, -0.15) is 0 Å². The molecular weight excluding hydrogens is 330 g/mol. The van der Waals surface area contributed by atoms with Crippen LogP contribution in [0, 0.1) is 6.92 Å². The minimum atomic E-state index is -0.614. The molecule has 0 radical (unpaired) electrons. The van der Waals surface area contributed by atoms with Crippen LogP contribution in [-0.4, -0.2) is 25.1 Å². The van der Waals surface area contributed by atoms with Gasteiger partial charge < -0.3 is 14.8 Å². The smallest absolute Gasteiger partial charge is 0.342 e. The summed E-state index contributed by atoms with van der Waals surface area (Å²) in [6.07, 6.45) is 0. The van der Waals surface area contributed by atoms with Crippen molar-refractivity contribution in [2.45, 2.75) is 13.8 Å². The van der Waals surface area contributed by atoms with Crippen molar-refractivity contribution >= 4 is 29.2 Å². The molecule has 0 aromatic heterocycles. The molecule has 2 aromatic carbocycles. The molecule has 0 heterocycles. The highest BCUT2D eigenvalue weighted by atomic mass is 35.5. The SMILES string of the molecule is CCOc1ccccc1C(=O)OCC(=O)Nc1cccc(Cl)c1C. The van der Waals surface area contributed by atoms with Crippen molar-refractivity contribution in [1.82, 2.24) is 0 Å². The summed E-state index contributed by atoms with van der Waals surface area (Å²) < 4.78 is 10.4. The zero-order valence-electron chi connectivity index (χ0n) is 13.5. The van der Waals surface area contributed by atoms with E-state index in [-0.39, 0.29) is 5.56 Å². The van der Waals surface area contributed by atoms with Crippen LogP contribution < -0.4 is 10.1 Å². The molecule has 0 atom stereocenters. The predicted octanol–water partition coefficient (Wildman–Crippen LogP) is 3.84. The Morgan fingerprint density at radius 3 is 2.62 bits per heavy atom. The minimum absolute atomic E-state index is 0.283. The topological polar surface area (TPSA) is 64.6 Å². The largest absolute Gasteiger partial charge is 0.493 e. The Bertz CT molecular complexity index is 746. The summed E-state index contributed by atoms with van der Waals surface area (Å²) in [5.41, 5.74) is 1.62. The van der Waals surface area contributed by atoms with Crippen molar-refractivity contribution in [1.29, 1.82) is 0 Å². The summed E-state index contributed by atoms with van der Waals surface area (Å²) >= 11 is 6.00. The zero-order chi connectivity index (χ0) is 17.5. The molecule has 126 valence electrons. The lowest BCUT2D eigenvalue weighted by molar-refractivity contribution is -0.119. The number of para-hydroxylation sites is 1. The van der Waals surface area contributed by atoms with E-state index in [1.54, 1.807) is 49.4 Å². The molecule has 0 bridgehead atoms. The molecule has 2 aromatic rings. The highest BCUT2D eigenvalue weighted by molar-refractivity contribution is 6.31. The van der Waals surface area contributed by atoms with Gasteiger partial charge in [-0.25, -0.2) is 4.79 Å². The summed E-state index contributed by atoms with van der Waals surface area (Å²) in [6.45, 7) is 3.65. The van der Waals surface area contributed by atoms with E-state index >= 15 is 0 Å². The summed E-state index contributed by atoms with van der Waals surface area (Å²) in [7, 11) is 0. The fraction of sp³-hybridized carbons (Fsp3) is 0.222. The van der Waals surface area contributed by atoms with E-state index in [1.807, 2.05) is 6.92 Å². The standard InChI is InChI=1S/C18H18ClNO4/c1-3-23-16-10-5-4-7-13(16)18(22)24-11-17(21)20-15-9-6-8-14(19)12(15)2/h4-10H,3,11H2,1-2H3,(H,20,21). The van der Waals surface area contributed by atoms with Gasteiger partial charge in [-0.15, -0.1) is 0 Å². The Labute approximate surface area is 145 Å². The third-order valence-electron chi connectivity index (χ3n) is 3.28. The number of carbonyl (C=O) groups is 2. The second kappa shape index (κ2) is 8.36. The van der Waals surface area contributed by atoms with Crippen LogP contribution in [0.2, 0.25) is 5.02 Å². The Morgan fingerprint density at radius 2 is 1.88 bits per heavy atom. The number of ether oxygens (including phenoxy) is 2. The maximum Gasteiger partial charge on any atom is 0.342 e. The lowest BCUT2D eigenvalue weighted by atomic mass is 10.2. The maximum absolute atomic E-state index is 12.1. The zero-order valence-corrected chi connectivity index (χ0v) is 14.2. The molecule has 0 aliphatic heterocycles. The molecule has 1 N–H and O–H groups in total. The van der Waals surface area contributed by atoms with E-state index in [2.05, 4.69) is 5.32 Å². The molecule has 1 amide bonds. The number of nitrogens with one attached hydrogen (secondary N) is 1. The van der Waals surface area contributed by atoms with E-state index in [4.69, 9.17) is 21.1 Å². The Morgan fingerprint density at radius 1 is 1.12 bits per heavy atom. The van der Waals surface area contributed by atoms with Crippen LogP contribution in [0.3, 0.4) is 0 Å². The lowest BCUT2D eigenvalue weighted by Crippen LogP contribution is -2.21. The van der Waals surface area contributed by atoms with Crippen LogP contribution in [0.25, 0.3) is 0 Å². The number of hydrogen-bond acceptors (Lipinski definition) is 4. The predicted molar refractivity (Wildman–Crippen MR) is 92.7 cm³/mol. The molecule has 0 fully saturated rings. The molecule has 6 heteroatoms. The van der Waals surface area contributed by atoms with Gasteiger partial charge in [0, 0.05) is 10.7 Å². The third-order valence-corrected chi connectivity index (χ3v) is 3.69. The first-order chi connectivity index (χ1) is 11.5. The Hall–Kier alpha value is -2.53. The van der Waals surface area contributed by atoms with Gasteiger partial charge in [-0.3, -0.25) is 4.79 Å². The van der Waals surface area contributed by atoms with E-state index in [0.717, 1.165) is 5.56 Å². The summed E-state index contributed by atoms with van der Waals surface area (Å²) in [5.74, 6) is -0.629. The van der Waals surface area contributed by atoms with Crippen molar-refractivity contribution in [2.24, 2.45) is 0 Å². The van der Waals surface area contributed by atoms with Gasteiger partial charge in [0.25, 0.3) is 5.91 Å². The van der Waals surface area contributed by atoms with E-state index in [1.165, 1.54) is 0 Å². The van der Waals surface area contributed by atoms with Crippen LogP contribution in [0.15, 0.2) is 42.5 Å². The maximum atomic E-state index is 12.1. The van der Waals surface area contributed by atoms with Crippen LogP contribution >= 0.6 is 11.6 Å². The lowest BCUT2D eigenvalue weighted by Gasteiger charge is -2.11. The number of amides is 1. The van der Waals surface area contributed by atoms with E-state index in [9.17, 15) is 9.59 Å². The first kappa shape index (κ1) is 17.8. The highest BCUT2D eigenvalue weighted by Gasteiger charge is 2.15. The Kier molecular flexibility index (Phi) is 6.21. The normalized spacial score (nSPS) is 10.1. The van der Waals surface area contributed by atoms with Crippen LogP contribution in [0.5, 0.6) is 5.75 Å². The number of hydrogen-bond donors (Lipinski definition) is 1. The number of carbonyl (C=O) groups excluding carboxylic acids is 2. The molecule has 0 saturated heterocycles. The van der Waals surface area contributed by atoms with Gasteiger partial charge in [-0.05, 0) is 43.7 Å². The number of anilines is 1. The van der Waals surface area contributed by atoms with Gasteiger partial charge >= 0.3 is 5.97 Å². The molecule has 2 rings (SSSR count). The minimum Gasteiger partial charge on any atom is -0.493 e. The quantitative estimate of drug-likeness (QED) is 0.806. The van der Waals surface area contributed by atoms with Gasteiger partial charge in [0.05, 0.1) is 6.61 Å². The van der Waals surface area contributed by atoms with E-state index in [0.29, 0.717) is 23.1 Å². The molecule has 0 aliphatic carbocycles. The highest BCUT2D eigenvalue weighted by Crippen LogP contribution is 2.23. The molecule has 24 heavy (non-hydrogen) atoms. The van der Waals surface area contributed by atoms with Crippen LogP contribution in [0.1, 0.15) is 22.8 Å². The fourth-order valence-corrected chi connectivity index (χ4v) is 2.23. The van der Waals surface area contributed by atoms with Gasteiger partial charge in [-0.1, -0.05) is 29.8 Å². The molecule has 0 saturated carbocycles. The number of rotatable bonds is 6. The first-order valence-electron chi connectivity index (χ1n) is 7.46. The fourth-order valence-electron chi connectivity index (χ4n) is 2.05. The summed E-state index contributed by atoms with van der Waals surface area (Å²) in [6, 6.07) is 11.9. The van der Waals surface area contributed by atoms with Crippen LogP contribution in [-0.2, 0) is 9.53 Å². The summed E-state index contributed by atoms with van der Waals surface area (Å²) in [4.78, 5) is 24.1. The van der Waals surface area contributed by atoms with Crippen molar-refractivity contribution in [2.75, 3.05) is 18.5 Å². The third kappa shape index (κ3) is 4.49. The number of esters is 1. The average Bonchev–Trinajstić information content (AvgIpc) is 2.58. The summed E-state index contributed by atoms with van der Waals surface area (Å²) in [5, 5.41) is 3.22.